The van der Waals surface area contributed by atoms with Gasteiger partial charge in [-0.3, -0.25) is 9.89 Å². The number of methoxy groups -OCH3 is 1. The molecule has 0 spiro atoms. The van der Waals surface area contributed by atoms with Crippen LogP contribution in [0.1, 0.15) is 24.1 Å². The van der Waals surface area contributed by atoms with E-state index in [2.05, 4.69) is 20.5 Å². The molecular weight excluding hydrogens is 420 g/mol. The Morgan fingerprint density at radius 3 is 2.09 bits per heavy atom. The summed E-state index contributed by atoms with van der Waals surface area (Å²) in [5, 5.41) is 10.5. The van der Waals surface area contributed by atoms with Crippen molar-refractivity contribution in [1.29, 1.82) is 0 Å². The minimum atomic E-state index is -0.371. The average Bonchev–Trinajstić information content (AvgIpc) is 3.32. The normalized spacial score (nSPS) is 11.8. The number of hydrogen-bond acceptors (Lipinski definition) is 5. The van der Waals surface area contributed by atoms with Gasteiger partial charge in [-0.2, -0.15) is 0 Å². The van der Waals surface area contributed by atoms with Crippen molar-refractivity contribution in [3.8, 4) is 17.1 Å². The largest absolute Gasteiger partial charge is 0.497 e. The van der Waals surface area contributed by atoms with E-state index in [1.54, 1.807) is 7.11 Å². The summed E-state index contributed by atoms with van der Waals surface area (Å²) < 4.78 is 5.19. The highest BCUT2D eigenvalue weighted by Crippen LogP contribution is 2.26. The highest BCUT2D eigenvalue weighted by molar-refractivity contribution is 8.00. The lowest BCUT2D eigenvalue weighted by atomic mass is 9.98. The maximum absolute atomic E-state index is 13.0. The van der Waals surface area contributed by atoms with E-state index in [1.165, 1.54) is 11.8 Å². The molecule has 1 atom stereocenters. The molecule has 7 heteroatoms. The van der Waals surface area contributed by atoms with Gasteiger partial charge in [0.05, 0.1) is 18.4 Å². The molecule has 0 aliphatic rings. The molecule has 32 heavy (non-hydrogen) atoms. The number of rotatable bonds is 8. The molecule has 6 nitrogen and oxygen atoms in total. The quantitative estimate of drug-likeness (QED) is 0.379. The number of carbonyl (C=O) groups excluding carboxylic acids is 1. The fraction of sp³-hybridized carbons (Fsp3) is 0.160. The minimum Gasteiger partial charge on any atom is -0.497 e. The van der Waals surface area contributed by atoms with Crippen LogP contribution in [0.5, 0.6) is 5.75 Å². The Balaban J connectivity index is 1.45. The first-order valence-corrected chi connectivity index (χ1v) is 11.2. The van der Waals surface area contributed by atoms with Crippen molar-refractivity contribution < 1.29 is 9.53 Å². The smallest absolute Gasteiger partial charge is 0.234 e. The van der Waals surface area contributed by atoms with Crippen LogP contribution >= 0.6 is 11.8 Å². The Labute approximate surface area is 191 Å². The highest BCUT2D eigenvalue weighted by atomic mass is 32.2. The number of aromatic amines is 1. The van der Waals surface area contributed by atoms with E-state index in [4.69, 9.17) is 4.74 Å². The molecule has 0 aliphatic carbocycles. The molecule has 1 heterocycles. The summed E-state index contributed by atoms with van der Waals surface area (Å²) >= 11 is 1.32. The Hall–Kier alpha value is -3.58. The molecule has 1 unspecified atom stereocenters. The summed E-state index contributed by atoms with van der Waals surface area (Å²) in [4.78, 5) is 17.6. The molecule has 0 aliphatic heterocycles. The van der Waals surface area contributed by atoms with E-state index in [-0.39, 0.29) is 17.2 Å². The van der Waals surface area contributed by atoms with Crippen LogP contribution in [0.2, 0.25) is 0 Å². The lowest BCUT2D eigenvalue weighted by Crippen LogP contribution is -2.35. The first kappa shape index (κ1) is 21.6. The van der Waals surface area contributed by atoms with Crippen molar-refractivity contribution >= 4 is 17.7 Å². The Morgan fingerprint density at radius 1 is 0.938 bits per heavy atom. The van der Waals surface area contributed by atoms with Gasteiger partial charge in [0.1, 0.15) is 5.75 Å². The lowest BCUT2D eigenvalue weighted by molar-refractivity contribution is -0.120. The van der Waals surface area contributed by atoms with Crippen LogP contribution in [0.15, 0.2) is 90.1 Å². The van der Waals surface area contributed by atoms with Crippen LogP contribution in [-0.4, -0.2) is 33.4 Å². The number of amides is 1. The van der Waals surface area contributed by atoms with E-state index in [0.29, 0.717) is 11.0 Å². The van der Waals surface area contributed by atoms with Gasteiger partial charge in [0.15, 0.2) is 5.82 Å². The number of nitrogens with zero attached hydrogens (tertiary/aromatic N) is 2. The monoisotopic (exact) mass is 444 g/mol. The van der Waals surface area contributed by atoms with E-state index in [9.17, 15) is 4.79 Å². The van der Waals surface area contributed by atoms with Crippen LogP contribution in [0, 0.1) is 0 Å². The molecule has 2 N–H and O–H groups in total. The zero-order valence-corrected chi connectivity index (χ0v) is 18.7. The van der Waals surface area contributed by atoms with Gasteiger partial charge in [-0.25, -0.2) is 4.98 Å². The van der Waals surface area contributed by atoms with Gasteiger partial charge in [0.25, 0.3) is 0 Å². The van der Waals surface area contributed by atoms with Gasteiger partial charge in [-0.15, -0.1) is 5.10 Å². The van der Waals surface area contributed by atoms with Crippen LogP contribution in [0.4, 0.5) is 0 Å². The third-order valence-electron chi connectivity index (χ3n) is 5.03. The molecule has 4 aromatic rings. The second-order valence-corrected chi connectivity index (χ2v) is 8.53. The molecule has 1 aromatic heterocycles. The average molecular weight is 445 g/mol. The van der Waals surface area contributed by atoms with Gasteiger partial charge in [-0.05, 0) is 42.3 Å². The first-order chi connectivity index (χ1) is 15.6. The number of ether oxygens (including phenoxy) is 1. The third-order valence-corrected chi connectivity index (χ3v) is 5.99. The van der Waals surface area contributed by atoms with Crippen molar-refractivity contribution in [3.05, 3.63) is 96.1 Å². The summed E-state index contributed by atoms with van der Waals surface area (Å²) in [5.74, 6) is 1.34. The molecule has 0 fully saturated rings. The summed E-state index contributed by atoms with van der Waals surface area (Å²) in [7, 11) is 1.63. The van der Waals surface area contributed by atoms with Crippen LogP contribution < -0.4 is 10.1 Å². The van der Waals surface area contributed by atoms with E-state index < -0.39 is 0 Å². The summed E-state index contributed by atoms with van der Waals surface area (Å²) in [6, 6.07) is 27.3. The van der Waals surface area contributed by atoms with Crippen molar-refractivity contribution in [2.24, 2.45) is 0 Å². The predicted octanol–water partition coefficient (Wildman–Crippen LogP) is 4.87. The first-order valence-electron chi connectivity index (χ1n) is 10.3. The highest BCUT2D eigenvalue weighted by Gasteiger charge is 2.22. The number of nitrogens with one attached hydrogen (secondary N) is 2. The van der Waals surface area contributed by atoms with Gasteiger partial charge >= 0.3 is 0 Å². The number of carbonyl (C=O) groups is 1. The predicted molar refractivity (Wildman–Crippen MR) is 127 cm³/mol. The van der Waals surface area contributed by atoms with Crippen molar-refractivity contribution in [2.75, 3.05) is 7.11 Å². The maximum Gasteiger partial charge on any atom is 0.234 e. The molecular formula is C25H24N4O2S. The zero-order chi connectivity index (χ0) is 22.3. The van der Waals surface area contributed by atoms with Crippen molar-refractivity contribution in [3.63, 3.8) is 0 Å². The van der Waals surface area contributed by atoms with Crippen LogP contribution in [-0.2, 0) is 4.79 Å². The van der Waals surface area contributed by atoms with Gasteiger partial charge in [0, 0.05) is 5.56 Å². The third kappa shape index (κ3) is 5.18. The summed E-state index contributed by atoms with van der Waals surface area (Å²) in [6.45, 7) is 1.86. The fourth-order valence-electron chi connectivity index (χ4n) is 3.30. The van der Waals surface area contributed by atoms with Crippen LogP contribution in [0.25, 0.3) is 11.4 Å². The van der Waals surface area contributed by atoms with Gasteiger partial charge in [-0.1, -0.05) is 72.4 Å². The fourth-order valence-corrected chi connectivity index (χ4v) is 4.03. The Bertz CT molecular complexity index is 1110. The molecule has 0 radical (unpaired) electrons. The standard InChI is InChI=1S/C25H24N4O2S/c1-17(32-25-27-23(28-29-25)20-13-15-21(31-2)16-14-20)24(30)26-22(18-9-5-3-6-10-18)19-11-7-4-8-12-19/h3-17,22H,1-2H3,(H,26,30)(H,27,28,29). The molecule has 162 valence electrons. The number of benzene rings is 3. The number of hydrogen-bond donors (Lipinski definition) is 2. The molecule has 1 amide bonds. The minimum absolute atomic E-state index is 0.0801. The number of thioether (sulfide) groups is 1. The number of aromatic nitrogens is 3. The summed E-state index contributed by atoms with van der Waals surface area (Å²) in [5.41, 5.74) is 2.96. The number of H-pyrrole nitrogens is 1. The summed E-state index contributed by atoms with van der Waals surface area (Å²) in [6.07, 6.45) is 0. The SMILES string of the molecule is COc1ccc(-c2nc(SC(C)C(=O)NC(c3ccccc3)c3ccccc3)n[nH]2)cc1. The zero-order valence-electron chi connectivity index (χ0n) is 17.9. The van der Waals surface area contributed by atoms with Gasteiger partial charge < -0.3 is 10.1 Å². The van der Waals surface area contributed by atoms with Crippen molar-refractivity contribution in [2.45, 2.75) is 23.4 Å². The Morgan fingerprint density at radius 2 is 1.53 bits per heavy atom. The second-order valence-electron chi connectivity index (χ2n) is 7.22. The molecule has 0 bridgehead atoms. The second kappa shape index (κ2) is 10.2. The van der Waals surface area contributed by atoms with E-state index in [0.717, 1.165) is 22.4 Å². The van der Waals surface area contributed by atoms with Crippen LogP contribution in [0.3, 0.4) is 0 Å². The van der Waals surface area contributed by atoms with E-state index in [1.807, 2.05) is 91.9 Å². The lowest BCUT2D eigenvalue weighted by Gasteiger charge is -2.21. The molecule has 0 saturated heterocycles. The Kier molecular flexibility index (Phi) is 6.87. The molecule has 3 aromatic carbocycles. The van der Waals surface area contributed by atoms with Crippen molar-refractivity contribution in [1.82, 2.24) is 20.5 Å². The maximum atomic E-state index is 13.0. The van der Waals surface area contributed by atoms with E-state index >= 15 is 0 Å². The van der Waals surface area contributed by atoms with Gasteiger partial charge in [0.2, 0.25) is 11.1 Å². The molecule has 4 rings (SSSR count). The topological polar surface area (TPSA) is 79.9 Å². The molecule has 0 saturated carbocycles.